The van der Waals surface area contributed by atoms with E-state index in [4.69, 9.17) is 4.42 Å². The molecule has 0 saturated carbocycles. The smallest absolute Gasteiger partial charge is 0.134 e. The van der Waals surface area contributed by atoms with Crippen molar-refractivity contribution in [2.75, 3.05) is 7.05 Å². The first-order valence-electron chi connectivity index (χ1n) is 6.35. The highest BCUT2D eigenvalue weighted by atomic mass is 16.3. The van der Waals surface area contributed by atoms with Gasteiger partial charge >= 0.3 is 0 Å². The van der Waals surface area contributed by atoms with Gasteiger partial charge in [0.05, 0.1) is 11.4 Å². The fourth-order valence-corrected chi connectivity index (χ4v) is 2.40. The van der Waals surface area contributed by atoms with E-state index in [1.54, 1.807) is 6.26 Å². The first-order valence-corrected chi connectivity index (χ1v) is 6.35. The monoisotopic (exact) mass is 255 g/mol. The first kappa shape index (κ1) is 12.0. The van der Waals surface area contributed by atoms with Crippen molar-refractivity contribution in [1.29, 1.82) is 0 Å². The fourth-order valence-electron chi connectivity index (χ4n) is 2.40. The molecule has 0 aliphatic rings. The molecule has 3 rings (SSSR count). The van der Waals surface area contributed by atoms with Gasteiger partial charge < -0.3 is 14.3 Å². The summed E-state index contributed by atoms with van der Waals surface area (Å²) in [4.78, 5) is 4.68. The van der Waals surface area contributed by atoms with Crippen molar-refractivity contribution in [2.24, 2.45) is 7.05 Å². The topological polar surface area (TPSA) is 43.0 Å². The molecule has 0 radical (unpaired) electrons. The van der Waals surface area contributed by atoms with Crippen molar-refractivity contribution in [3.8, 4) is 11.3 Å². The second-order valence-corrected chi connectivity index (χ2v) is 4.69. The minimum absolute atomic E-state index is 0.784. The Bertz CT molecular complexity index is 724. The SMILES string of the molecule is CNCc1c(-c2coc3ccccc23)nc(C)n1C. The summed E-state index contributed by atoms with van der Waals surface area (Å²) in [5.41, 5.74) is 4.13. The lowest BCUT2D eigenvalue weighted by molar-refractivity contribution is 0.616. The number of aromatic nitrogens is 2. The second kappa shape index (κ2) is 4.55. The maximum Gasteiger partial charge on any atom is 0.134 e. The zero-order chi connectivity index (χ0) is 13.4. The molecule has 4 heteroatoms. The summed E-state index contributed by atoms with van der Waals surface area (Å²) in [5.74, 6) is 1.01. The molecule has 0 spiro atoms. The largest absolute Gasteiger partial charge is 0.464 e. The quantitative estimate of drug-likeness (QED) is 0.782. The first-order chi connectivity index (χ1) is 9.22. The normalized spacial score (nSPS) is 11.3. The highest BCUT2D eigenvalue weighted by molar-refractivity contribution is 5.93. The van der Waals surface area contributed by atoms with Gasteiger partial charge in [-0.1, -0.05) is 18.2 Å². The Morgan fingerprint density at radius 1 is 1.32 bits per heavy atom. The third kappa shape index (κ3) is 1.85. The van der Waals surface area contributed by atoms with Gasteiger partial charge in [-0.05, 0) is 20.0 Å². The van der Waals surface area contributed by atoms with Crippen molar-refractivity contribution >= 4 is 11.0 Å². The number of hydrogen-bond donors (Lipinski definition) is 1. The van der Waals surface area contributed by atoms with Gasteiger partial charge in [-0.25, -0.2) is 4.98 Å². The van der Waals surface area contributed by atoms with E-state index in [2.05, 4.69) is 20.9 Å². The molecule has 0 saturated heterocycles. The van der Waals surface area contributed by atoms with Gasteiger partial charge in [0.15, 0.2) is 0 Å². The molecule has 1 aromatic carbocycles. The lowest BCUT2D eigenvalue weighted by Gasteiger charge is -2.04. The number of para-hydroxylation sites is 1. The average molecular weight is 255 g/mol. The van der Waals surface area contributed by atoms with E-state index in [0.29, 0.717) is 0 Å². The van der Waals surface area contributed by atoms with Crippen LogP contribution in [0.15, 0.2) is 34.9 Å². The number of benzene rings is 1. The van der Waals surface area contributed by atoms with Crippen LogP contribution in [-0.4, -0.2) is 16.6 Å². The van der Waals surface area contributed by atoms with Crippen LogP contribution in [0.3, 0.4) is 0 Å². The fraction of sp³-hybridized carbons (Fsp3) is 0.267. The zero-order valence-electron chi connectivity index (χ0n) is 11.4. The van der Waals surface area contributed by atoms with Crippen LogP contribution in [0.1, 0.15) is 11.5 Å². The molecule has 1 N–H and O–H groups in total. The van der Waals surface area contributed by atoms with Crippen LogP contribution in [0.4, 0.5) is 0 Å². The molecular formula is C15H17N3O. The van der Waals surface area contributed by atoms with Crippen LogP contribution in [0.25, 0.3) is 22.2 Å². The van der Waals surface area contributed by atoms with E-state index < -0.39 is 0 Å². The number of nitrogens with zero attached hydrogens (tertiary/aromatic N) is 2. The highest BCUT2D eigenvalue weighted by Crippen LogP contribution is 2.32. The maximum atomic E-state index is 5.62. The molecule has 2 aromatic heterocycles. The molecule has 0 aliphatic carbocycles. The van der Waals surface area contributed by atoms with Crippen LogP contribution in [0.5, 0.6) is 0 Å². The van der Waals surface area contributed by atoms with Gasteiger partial charge in [0.2, 0.25) is 0 Å². The number of rotatable bonds is 3. The highest BCUT2D eigenvalue weighted by Gasteiger charge is 2.17. The van der Waals surface area contributed by atoms with Crippen molar-refractivity contribution < 1.29 is 4.42 Å². The molecule has 0 bridgehead atoms. The van der Waals surface area contributed by atoms with E-state index in [9.17, 15) is 0 Å². The summed E-state index contributed by atoms with van der Waals surface area (Å²) < 4.78 is 7.73. The third-order valence-electron chi connectivity index (χ3n) is 3.52. The number of hydrogen-bond acceptors (Lipinski definition) is 3. The molecule has 98 valence electrons. The Hall–Kier alpha value is -2.07. The Labute approximate surface area is 112 Å². The molecular weight excluding hydrogens is 238 g/mol. The molecule has 3 aromatic rings. The number of aryl methyl sites for hydroxylation is 1. The predicted octanol–water partition coefficient (Wildman–Crippen LogP) is 2.86. The van der Waals surface area contributed by atoms with Crippen LogP contribution < -0.4 is 5.32 Å². The summed E-state index contributed by atoms with van der Waals surface area (Å²) in [6.07, 6.45) is 1.80. The van der Waals surface area contributed by atoms with Crippen LogP contribution in [0.2, 0.25) is 0 Å². The maximum absolute atomic E-state index is 5.62. The summed E-state index contributed by atoms with van der Waals surface area (Å²) in [5, 5.41) is 4.31. The van der Waals surface area contributed by atoms with Gasteiger partial charge in [0.25, 0.3) is 0 Å². The molecule has 2 heterocycles. The average Bonchev–Trinajstić information content (AvgIpc) is 2.95. The molecule has 0 fully saturated rings. The molecule has 4 nitrogen and oxygen atoms in total. The Kier molecular flexibility index (Phi) is 2.87. The minimum Gasteiger partial charge on any atom is -0.464 e. The lowest BCUT2D eigenvalue weighted by atomic mass is 10.1. The Morgan fingerprint density at radius 3 is 2.89 bits per heavy atom. The summed E-state index contributed by atoms with van der Waals surface area (Å²) in [7, 11) is 3.99. The lowest BCUT2D eigenvalue weighted by Crippen LogP contribution is -2.10. The van der Waals surface area contributed by atoms with E-state index in [-0.39, 0.29) is 0 Å². The second-order valence-electron chi connectivity index (χ2n) is 4.69. The molecule has 0 amide bonds. The summed E-state index contributed by atoms with van der Waals surface area (Å²) >= 11 is 0. The van der Waals surface area contributed by atoms with E-state index in [0.717, 1.165) is 34.6 Å². The van der Waals surface area contributed by atoms with Crippen molar-refractivity contribution in [3.05, 3.63) is 42.0 Å². The Morgan fingerprint density at radius 2 is 2.11 bits per heavy atom. The van der Waals surface area contributed by atoms with Crippen LogP contribution in [0, 0.1) is 6.92 Å². The van der Waals surface area contributed by atoms with E-state index in [1.807, 2.05) is 39.2 Å². The van der Waals surface area contributed by atoms with Crippen LogP contribution in [-0.2, 0) is 13.6 Å². The van der Waals surface area contributed by atoms with Gasteiger partial charge in [-0.2, -0.15) is 0 Å². The molecule has 0 atom stereocenters. The molecule has 0 unspecified atom stereocenters. The van der Waals surface area contributed by atoms with Gasteiger partial charge in [-0.15, -0.1) is 0 Å². The van der Waals surface area contributed by atoms with Gasteiger partial charge in [0.1, 0.15) is 17.7 Å². The van der Waals surface area contributed by atoms with Gasteiger partial charge in [0, 0.05) is 24.5 Å². The van der Waals surface area contributed by atoms with Crippen molar-refractivity contribution in [3.63, 3.8) is 0 Å². The number of imidazole rings is 1. The number of furan rings is 1. The van der Waals surface area contributed by atoms with E-state index in [1.165, 1.54) is 5.69 Å². The summed E-state index contributed by atoms with van der Waals surface area (Å²) in [6.45, 7) is 2.80. The standard InChI is InChI=1S/C15H17N3O/c1-10-17-15(13(8-16-2)18(10)3)12-9-19-14-7-5-4-6-11(12)14/h4-7,9,16H,8H2,1-3H3. The predicted molar refractivity (Wildman–Crippen MR) is 75.9 cm³/mol. The van der Waals surface area contributed by atoms with Crippen molar-refractivity contribution in [2.45, 2.75) is 13.5 Å². The number of nitrogens with one attached hydrogen (secondary N) is 1. The zero-order valence-corrected chi connectivity index (χ0v) is 11.4. The van der Waals surface area contributed by atoms with Gasteiger partial charge in [-0.3, -0.25) is 0 Å². The number of fused-ring (bicyclic) bond motifs is 1. The van der Waals surface area contributed by atoms with E-state index >= 15 is 0 Å². The van der Waals surface area contributed by atoms with Crippen LogP contribution >= 0.6 is 0 Å². The van der Waals surface area contributed by atoms with Crippen molar-refractivity contribution in [1.82, 2.24) is 14.9 Å². The molecule has 0 aliphatic heterocycles. The molecule has 19 heavy (non-hydrogen) atoms. The minimum atomic E-state index is 0.784. The summed E-state index contributed by atoms with van der Waals surface area (Å²) in [6, 6.07) is 8.05. The third-order valence-corrected chi connectivity index (χ3v) is 3.52. The Balaban J connectivity index is 2.24.